The zero-order valence-corrected chi connectivity index (χ0v) is 7.19. The topological polar surface area (TPSA) is 57.5 Å². The molecule has 1 aromatic rings. The molecule has 0 radical (unpaired) electrons. The van der Waals surface area contributed by atoms with Crippen LogP contribution in [0.3, 0.4) is 0 Å². The van der Waals surface area contributed by atoms with Crippen LogP contribution in [0.2, 0.25) is 0 Å². The number of aromatic hydroxyl groups is 1. The van der Waals surface area contributed by atoms with Crippen molar-refractivity contribution in [2.24, 2.45) is 0 Å². The third kappa shape index (κ3) is 2.33. The molecule has 0 atom stereocenters. The number of hydrogen-bond acceptors (Lipinski definition) is 2. The largest absolute Gasteiger partial charge is 0.508 e. The van der Waals surface area contributed by atoms with Crippen LogP contribution in [0.15, 0.2) is 24.3 Å². The van der Waals surface area contributed by atoms with Crippen molar-refractivity contribution in [2.45, 2.75) is 6.92 Å². The van der Waals surface area contributed by atoms with Crippen LogP contribution in [-0.2, 0) is 4.79 Å². The van der Waals surface area contributed by atoms with E-state index in [1.165, 1.54) is 6.08 Å². The van der Waals surface area contributed by atoms with Gasteiger partial charge in [0, 0.05) is 6.08 Å². The van der Waals surface area contributed by atoms with Gasteiger partial charge in [-0.25, -0.2) is 4.79 Å². The lowest BCUT2D eigenvalue weighted by atomic mass is 10.1. The van der Waals surface area contributed by atoms with Gasteiger partial charge in [0.25, 0.3) is 0 Å². The number of benzene rings is 1. The number of hydrogen-bond donors (Lipinski definition) is 2. The van der Waals surface area contributed by atoms with Crippen molar-refractivity contribution in [1.82, 2.24) is 0 Å². The number of aliphatic carboxylic acids is 1. The van der Waals surface area contributed by atoms with Crippen molar-refractivity contribution in [3.8, 4) is 5.75 Å². The molecule has 1 aromatic carbocycles. The summed E-state index contributed by atoms with van der Waals surface area (Å²) in [5.41, 5.74) is 1.39. The van der Waals surface area contributed by atoms with Gasteiger partial charge in [-0.05, 0) is 30.2 Å². The van der Waals surface area contributed by atoms with E-state index in [1.54, 1.807) is 25.1 Å². The van der Waals surface area contributed by atoms with Crippen LogP contribution in [0.4, 0.5) is 0 Å². The number of rotatable bonds is 2. The van der Waals surface area contributed by atoms with Gasteiger partial charge in [-0.2, -0.15) is 0 Å². The molecule has 2 N–H and O–H groups in total. The Kier molecular flexibility index (Phi) is 2.69. The molecular weight excluding hydrogens is 168 g/mol. The maximum absolute atomic E-state index is 10.2. The van der Waals surface area contributed by atoms with Gasteiger partial charge in [-0.3, -0.25) is 0 Å². The second-order valence-electron chi connectivity index (χ2n) is 2.66. The highest BCUT2D eigenvalue weighted by molar-refractivity contribution is 5.85. The summed E-state index contributed by atoms with van der Waals surface area (Å²) >= 11 is 0. The lowest BCUT2D eigenvalue weighted by Crippen LogP contribution is -1.87. The van der Waals surface area contributed by atoms with Crippen LogP contribution >= 0.6 is 0 Å². The fourth-order valence-electron chi connectivity index (χ4n) is 0.982. The molecule has 68 valence electrons. The highest BCUT2D eigenvalue weighted by atomic mass is 16.4. The third-order valence-corrected chi connectivity index (χ3v) is 1.75. The molecule has 0 heterocycles. The zero-order valence-electron chi connectivity index (χ0n) is 7.19. The number of phenolic OH excluding ortho intramolecular Hbond substituents is 1. The summed E-state index contributed by atoms with van der Waals surface area (Å²) in [6, 6.07) is 4.98. The molecule has 0 aromatic heterocycles. The smallest absolute Gasteiger partial charge is 0.328 e. The zero-order chi connectivity index (χ0) is 9.84. The first-order valence-electron chi connectivity index (χ1n) is 3.81. The molecule has 0 aliphatic rings. The lowest BCUT2D eigenvalue weighted by Gasteiger charge is -2.01. The van der Waals surface area contributed by atoms with Gasteiger partial charge in [0.15, 0.2) is 0 Å². The van der Waals surface area contributed by atoms with Crippen molar-refractivity contribution in [2.75, 3.05) is 0 Å². The predicted octanol–water partition coefficient (Wildman–Crippen LogP) is 1.80. The minimum atomic E-state index is -0.997. The van der Waals surface area contributed by atoms with Crippen molar-refractivity contribution in [3.63, 3.8) is 0 Å². The van der Waals surface area contributed by atoms with E-state index in [0.717, 1.165) is 6.08 Å². The normalized spacial score (nSPS) is 10.5. The average molecular weight is 178 g/mol. The molecule has 0 saturated heterocycles. The Bertz CT molecular complexity index is 353. The van der Waals surface area contributed by atoms with E-state index >= 15 is 0 Å². The van der Waals surface area contributed by atoms with Crippen LogP contribution in [-0.4, -0.2) is 16.2 Å². The van der Waals surface area contributed by atoms with Gasteiger partial charge in [0.2, 0.25) is 0 Å². The quantitative estimate of drug-likeness (QED) is 0.679. The Morgan fingerprint density at radius 2 is 2.15 bits per heavy atom. The van der Waals surface area contributed by atoms with Crippen LogP contribution < -0.4 is 0 Å². The first-order chi connectivity index (χ1) is 6.11. The average Bonchev–Trinajstić information content (AvgIpc) is 2.07. The van der Waals surface area contributed by atoms with E-state index in [1.807, 2.05) is 0 Å². The Morgan fingerprint density at radius 1 is 1.46 bits per heavy atom. The highest BCUT2D eigenvalue weighted by Gasteiger charge is 1.98. The molecule has 3 heteroatoms. The number of carboxylic acids is 1. The molecule has 0 fully saturated rings. The second-order valence-corrected chi connectivity index (χ2v) is 2.66. The molecule has 13 heavy (non-hydrogen) atoms. The summed E-state index contributed by atoms with van der Waals surface area (Å²) in [6.45, 7) is 1.73. The molecule has 0 amide bonds. The Labute approximate surface area is 76.0 Å². The summed E-state index contributed by atoms with van der Waals surface area (Å²) in [7, 11) is 0. The van der Waals surface area contributed by atoms with E-state index in [-0.39, 0.29) is 5.75 Å². The second kappa shape index (κ2) is 3.76. The SMILES string of the molecule is Cc1c(O)cccc1C=CC(=O)O. The van der Waals surface area contributed by atoms with Gasteiger partial charge in [-0.15, -0.1) is 0 Å². The van der Waals surface area contributed by atoms with Crippen LogP contribution in [0.5, 0.6) is 5.75 Å². The standard InChI is InChI=1S/C10H10O3/c1-7-8(5-6-10(12)13)3-2-4-9(7)11/h2-6,11H,1H3,(H,12,13). The Hall–Kier alpha value is -1.77. The molecular formula is C10H10O3. The fourth-order valence-corrected chi connectivity index (χ4v) is 0.982. The number of phenols is 1. The molecule has 0 unspecified atom stereocenters. The maximum Gasteiger partial charge on any atom is 0.328 e. The molecule has 0 aliphatic carbocycles. The van der Waals surface area contributed by atoms with E-state index in [2.05, 4.69) is 0 Å². The van der Waals surface area contributed by atoms with Crippen molar-refractivity contribution in [3.05, 3.63) is 35.4 Å². The summed E-state index contributed by atoms with van der Waals surface area (Å²) in [6.07, 6.45) is 2.50. The molecule has 0 spiro atoms. The Balaban J connectivity index is 3.02. The minimum Gasteiger partial charge on any atom is -0.508 e. The summed E-state index contributed by atoms with van der Waals surface area (Å²) in [5, 5.41) is 17.7. The van der Waals surface area contributed by atoms with Gasteiger partial charge < -0.3 is 10.2 Å². The Morgan fingerprint density at radius 3 is 2.77 bits per heavy atom. The van der Waals surface area contributed by atoms with E-state index in [9.17, 15) is 9.90 Å². The van der Waals surface area contributed by atoms with Crippen LogP contribution in [0, 0.1) is 6.92 Å². The highest BCUT2D eigenvalue weighted by Crippen LogP contribution is 2.20. The van der Waals surface area contributed by atoms with Crippen molar-refractivity contribution >= 4 is 12.0 Å². The minimum absolute atomic E-state index is 0.174. The van der Waals surface area contributed by atoms with Crippen LogP contribution in [0.25, 0.3) is 6.08 Å². The molecule has 0 aliphatic heterocycles. The fraction of sp³-hybridized carbons (Fsp3) is 0.100. The summed E-state index contributed by atoms with van der Waals surface area (Å²) in [5.74, 6) is -0.824. The van der Waals surface area contributed by atoms with Gasteiger partial charge in [0.05, 0.1) is 0 Å². The van der Waals surface area contributed by atoms with E-state index < -0.39 is 5.97 Å². The van der Waals surface area contributed by atoms with Gasteiger partial charge >= 0.3 is 5.97 Å². The first-order valence-corrected chi connectivity index (χ1v) is 3.81. The van der Waals surface area contributed by atoms with Crippen molar-refractivity contribution in [1.29, 1.82) is 0 Å². The molecule has 1 rings (SSSR count). The summed E-state index contributed by atoms with van der Waals surface area (Å²) < 4.78 is 0. The number of carbonyl (C=O) groups is 1. The molecule has 3 nitrogen and oxygen atoms in total. The molecule has 0 bridgehead atoms. The lowest BCUT2D eigenvalue weighted by molar-refractivity contribution is -0.131. The molecule has 0 saturated carbocycles. The first kappa shape index (κ1) is 9.32. The summed E-state index contributed by atoms with van der Waals surface area (Å²) in [4.78, 5) is 10.2. The van der Waals surface area contributed by atoms with Crippen LogP contribution in [0.1, 0.15) is 11.1 Å². The monoisotopic (exact) mass is 178 g/mol. The maximum atomic E-state index is 10.2. The third-order valence-electron chi connectivity index (χ3n) is 1.75. The predicted molar refractivity (Wildman–Crippen MR) is 49.5 cm³/mol. The van der Waals surface area contributed by atoms with Gasteiger partial charge in [-0.1, -0.05) is 12.1 Å². The van der Waals surface area contributed by atoms with Crippen molar-refractivity contribution < 1.29 is 15.0 Å². The van der Waals surface area contributed by atoms with E-state index in [0.29, 0.717) is 11.1 Å². The number of carboxylic acid groups (broad SMARTS) is 1. The van der Waals surface area contributed by atoms with E-state index in [4.69, 9.17) is 5.11 Å². The van der Waals surface area contributed by atoms with Gasteiger partial charge in [0.1, 0.15) is 5.75 Å².